The van der Waals surface area contributed by atoms with Crippen molar-refractivity contribution in [3.63, 3.8) is 0 Å². The summed E-state index contributed by atoms with van der Waals surface area (Å²) in [6.07, 6.45) is -3.36. The van der Waals surface area contributed by atoms with E-state index in [2.05, 4.69) is 10.1 Å². The number of alkyl halides is 3. The molecule has 1 aliphatic rings. The molecule has 10 heteroatoms. The molecule has 2 aromatic heterocycles. The molecule has 3 aromatic rings. The van der Waals surface area contributed by atoms with Crippen LogP contribution in [0.4, 0.5) is 22.0 Å². The Morgan fingerprint density at radius 1 is 1.07 bits per heavy atom. The minimum atomic E-state index is -4.51. The molecule has 1 aromatic carbocycles. The number of aromatic hydroxyl groups is 1. The number of hydrogen-bond acceptors (Lipinski definition) is 4. The molecule has 0 unspecified atom stereocenters. The maximum absolute atomic E-state index is 13.4. The van der Waals surface area contributed by atoms with Gasteiger partial charge in [0, 0.05) is 38.3 Å². The highest BCUT2D eigenvalue weighted by Crippen LogP contribution is 2.32. The quantitative estimate of drug-likeness (QED) is 0.667. The lowest BCUT2D eigenvalue weighted by Gasteiger charge is -2.26. The number of hydrogen-bond donors (Lipinski definition) is 1. The third kappa shape index (κ3) is 3.93. The fourth-order valence-electron chi connectivity index (χ4n) is 3.35. The van der Waals surface area contributed by atoms with Crippen molar-refractivity contribution in [1.82, 2.24) is 19.7 Å². The van der Waals surface area contributed by atoms with E-state index >= 15 is 0 Å². The number of fused-ring (bicyclic) bond motifs is 1. The van der Waals surface area contributed by atoms with Gasteiger partial charge >= 0.3 is 6.18 Å². The van der Waals surface area contributed by atoms with E-state index < -0.39 is 23.4 Å². The first-order valence-corrected chi connectivity index (χ1v) is 8.71. The number of pyridine rings is 1. The lowest BCUT2D eigenvalue weighted by molar-refractivity contribution is -0.137. The van der Waals surface area contributed by atoms with Crippen molar-refractivity contribution in [3.05, 3.63) is 70.5 Å². The zero-order valence-electron chi connectivity index (χ0n) is 14.9. The van der Waals surface area contributed by atoms with Crippen LogP contribution < -0.4 is 0 Å². The third-order valence-electron chi connectivity index (χ3n) is 4.71. The molecule has 0 bridgehead atoms. The van der Waals surface area contributed by atoms with Gasteiger partial charge in [-0.3, -0.25) is 4.90 Å². The highest BCUT2D eigenvalue weighted by Gasteiger charge is 2.31. The van der Waals surface area contributed by atoms with Crippen molar-refractivity contribution in [2.45, 2.75) is 25.7 Å². The monoisotopic (exact) mass is 410 g/mol. The maximum Gasteiger partial charge on any atom is 0.417 e. The molecule has 4 rings (SSSR count). The van der Waals surface area contributed by atoms with E-state index in [9.17, 15) is 27.1 Å². The van der Waals surface area contributed by atoms with Gasteiger partial charge in [0.15, 0.2) is 5.82 Å². The lowest BCUT2D eigenvalue weighted by Crippen LogP contribution is -2.29. The van der Waals surface area contributed by atoms with Gasteiger partial charge in [-0.1, -0.05) is 0 Å². The topological polar surface area (TPSA) is 54.2 Å². The fourth-order valence-corrected chi connectivity index (χ4v) is 3.35. The summed E-state index contributed by atoms with van der Waals surface area (Å²) < 4.78 is 66.0. The van der Waals surface area contributed by atoms with Gasteiger partial charge in [-0.2, -0.15) is 23.0 Å². The molecule has 3 heterocycles. The van der Waals surface area contributed by atoms with Crippen LogP contribution in [0.15, 0.2) is 36.5 Å². The molecule has 0 saturated carbocycles. The summed E-state index contributed by atoms with van der Waals surface area (Å²) in [6, 6.07) is 5.29. The standard InChI is InChI=1S/C19H15F5N4O/c20-13-5-11(6-14(21)7-13)9-27-4-3-16-15(10-27)18(29)28(26-16)17-2-1-12(8-25-17)19(22,23)24/h1-2,5-8,29H,3-4,9-10H2. The van der Waals surface area contributed by atoms with Crippen LogP contribution in [-0.2, 0) is 25.7 Å². The van der Waals surface area contributed by atoms with E-state index in [-0.39, 0.29) is 24.8 Å². The molecule has 1 aliphatic heterocycles. The number of aromatic nitrogens is 3. The fraction of sp³-hybridized carbons (Fsp3) is 0.263. The van der Waals surface area contributed by atoms with Crippen LogP contribution in [0.5, 0.6) is 5.88 Å². The van der Waals surface area contributed by atoms with Gasteiger partial charge in [-0.25, -0.2) is 13.8 Å². The molecule has 5 nitrogen and oxygen atoms in total. The Kier molecular flexibility index (Phi) is 4.73. The molecule has 0 fully saturated rings. The van der Waals surface area contributed by atoms with Crippen LogP contribution in [0.2, 0.25) is 0 Å². The Hall–Kier alpha value is -3.01. The Morgan fingerprint density at radius 2 is 1.79 bits per heavy atom. The highest BCUT2D eigenvalue weighted by atomic mass is 19.4. The van der Waals surface area contributed by atoms with Gasteiger partial charge in [-0.05, 0) is 29.8 Å². The summed E-state index contributed by atoms with van der Waals surface area (Å²) in [6.45, 7) is 1.10. The SMILES string of the molecule is Oc1c2c(nn1-c1ccc(C(F)(F)F)cn1)CCN(Cc1cc(F)cc(F)c1)C2. The minimum absolute atomic E-state index is 0.0589. The molecule has 1 N–H and O–H groups in total. The molecule has 29 heavy (non-hydrogen) atoms. The van der Waals surface area contributed by atoms with Crippen molar-refractivity contribution in [1.29, 1.82) is 0 Å². The summed E-state index contributed by atoms with van der Waals surface area (Å²) >= 11 is 0. The van der Waals surface area contributed by atoms with Gasteiger partial charge in [0.05, 0.1) is 16.8 Å². The number of rotatable bonds is 3. The Balaban J connectivity index is 1.56. The second-order valence-corrected chi connectivity index (χ2v) is 6.80. The van der Waals surface area contributed by atoms with E-state index in [4.69, 9.17) is 0 Å². The molecule has 0 atom stereocenters. The van der Waals surface area contributed by atoms with Gasteiger partial charge in [-0.15, -0.1) is 0 Å². The number of benzene rings is 1. The van der Waals surface area contributed by atoms with Crippen LogP contribution in [-0.4, -0.2) is 31.3 Å². The molecule has 0 saturated heterocycles. The van der Waals surface area contributed by atoms with Crippen LogP contribution in [0.1, 0.15) is 22.4 Å². The molecule has 152 valence electrons. The Bertz CT molecular complexity index is 1030. The summed E-state index contributed by atoms with van der Waals surface area (Å²) in [5.74, 6) is -1.49. The van der Waals surface area contributed by atoms with Gasteiger partial charge < -0.3 is 5.11 Å². The maximum atomic E-state index is 13.4. The molecule has 0 radical (unpaired) electrons. The van der Waals surface area contributed by atoms with E-state index in [0.29, 0.717) is 36.0 Å². The van der Waals surface area contributed by atoms with E-state index in [1.165, 1.54) is 12.1 Å². The summed E-state index contributed by atoms with van der Waals surface area (Å²) in [4.78, 5) is 5.64. The van der Waals surface area contributed by atoms with Gasteiger partial charge in [0.25, 0.3) is 0 Å². The largest absolute Gasteiger partial charge is 0.493 e. The average Bonchev–Trinajstić information content (AvgIpc) is 2.97. The van der Waals surface area contributed by atoms with Crippen molar-refractivity contribution in [2.24, 2.45) is 0 Å². The van der Waals surface area contributed by atoms with Crippen molar-refractivity contribution >= 4 is 0 Å². The van der Waals surface area contributed by atoms with E-state index in [1.807, 2.05) is 4.90 Å². The first-order chi connectivity index (χ1) is 13.7. The van der Waals surface area contributed by atoms with Crippen LogP contribution in [0.25, 0.3) is 5.82 Å². The first-order valence-electron chi connectivity index (χ1n) is 8.71. The first kappa shape index (κ1) is 19.3. The lowest BCUT2D eigenvalue weighted by atomic mass is 10.1. The predicted octanol–water partition coefficient (Wildman–Crippen LogP) is 3.83. The Labute approximate surface area is 162 Å². The second kappa shape index (κ2) is 7.11. The summed E-state index contributed by atoms with van der Waals surface area (Å²) in [5, 5.41) is 14.8. The smallest absolute Gasteiger partial charge is 0.417 e. The molecule has 0 amide bonds. The molecule has 0 aliphatic carbocycles. The van der Waals surface area contributed by atoms with Crippen molar-refractivity contribution in [2.75, 3.05) is 6.54 Å². The van der Waals surface area contributed by atoms with Gasteiger partial charge in [0.1, 0.15) is 11.6 Å². The normalized spacial score (nSPS) is 14.8. The summed E-state index contributed by atoms with van der Waals surface area (Å²) in [7, 11) is 0. The average molecular weight is 410 g/mol. The van der Waals surface area contributed by atoms with Crippen LogP contribution in [0, 0.1) is 11.6 Å². The number of halogens is 5. The highest BCUT2D eigenvalue weighted by molar-refractivity contribution is 5.39. The third-order valence-corrected chi connectivity index (χ3v) is 4.71. The zero-order chi connectivity index (χ0) is 20.8. The van der Waals surface area contributed by atoms with E-state index in [1.54, 1.807) is 0 Å². The second-order valence-electron chi connectivity index (χ2n) is 6.80. The predicted molar refractivity (Wildman–Crippen MR) is 92.2 cm³/mol. The van der Waals surface area contributed by atoms with E-state index in [0.717, 1.165) is 22.9 Å². The van der Waals surface area contributed by atoms with Crippen molar-refractivity contribution < 1.29 is 27.1 Å². The van der Waals surface area contributed by atoms with Crippen LogP contribution >= 0.6 is 0 Å². The van der Waals surface area contributed by atoms with Gasteiger partial charge in [0.2, 0.25) is 5.88 Å². The number of nitrogens with zero attached hydrogens (tertiary/aromatic N) is 4. The molecular weight excluding hydrogens is 395 g/mol. The Morgan fingerprint density at radius 3 is 2.41 bits per heavy atom. The van der Waals surface area contributed by atoms with Crippen molar-refractivity contribution in [3.8, 4) is 11.7 Å². The molecular formula is C19H15F5N4O. The zero-order valence-corrected chi connectivity index (χ0v) is 14.9. The minimum Gasteiger partial charge on any atom is -0.493 e. The van der Waals surface area contributed by atoms with Crippen LogP contribution in [0.3, 0.4) is 0 Å². The summed E-state index contributed by atoms with van der Waals surface area (Å²) in [5.41, 5.74) is 0.675. The molecule has 0 spiro atoms.